The van der Waals surface area contributed by atoms with Crippen LogP contribution in [0.25, 0.3) is 0 Å². The van der Waals surface area contributed by atoms with Crippen molar-refractivity contribution >= 4 is 23.9 Å². The van der Waals surface area contributed by atoms with Crippen LogP contribution in [0.4, 0.5) is 0 Å². The molecule has 5 aliphatic rings. The molecule has 0 bridgehead atoms. The fraction of sp³-hybridized carbons (Fsp3) is 0.913. The summed E-state index contributed by atoms with van der Waals surface area (Å²) < 4.78 is 0. The van der Waals surface area contributed by atoms with Crippen LogP contribution in [0, 0.1) is 34.5 Å². The molecule has 0 aromatic heterocycles. The van der Waals surface area contributed by atoms with E-state index in [-0.39, 0.29) is 41.4 Å². The van der Waals surface area contributed by atoms with Crippen LogP contribution in [0.3, 0.4) is 0 Å². The number of nitrogens with one attached hydrogen (secondary N) is 1. The van der Waals surface area contributed by atoms with Gasteiger partial charge in [-0.3, -0.25) is 4.79 Å². The van der Waals surface area contributed by atoms with E-state index < -0.39 is 0 Å². The molecule has 5 nitrogen and oxygen atoms in total. The van der Waals surface area contributed by atoms with Crippen LogP contribution in [0.5, 0.6) is 0 Å². The van der Waals surface area contributed by atoms with Gasteiger partial charge < -0.3 is 15.3 Å². The Bertz CT molecular complexity index is 679. The van der Waals surface area contributed by atoms with E-state index in [0.717, 1.165) is 76.6 Å². The number of halogens is 1. The van der Waals surface area contributed by atoms with Crippen LogP contribution in [-0.4, -0.2) is 41.9 Å². The minimum atomic E-state index is -0.275. The number of nitrogens with zero attached hydrogens (tertiary/aromatic N) is 1. The number of carbonyl (C=O) groups is 1. The highest BCUT2D eigenvalue weighted by molar-refractivity contribution is 5.87. The van der Waals surface area contributed by atoms with Crippen molar-refractivity contribution in [1.82, 2.24) is 5.32 Å². The van der Waals surface area contributed by atoms with Crippen molar-refractivity contribution in [2.75, 3.05) is 13.1 Å². The summed E-state index contributed by atoms with van der Waals surface area (Å²) in [4.78, 5) is 18.4. The minimum Gasteiger partial charge on any atom is -0.393 e. The van der Waals surface area contributed by atoms with Crippen LogP contribution in [0.2, 0.25) is 0 Å². The summed E-state index contributed by atoms with van der Waals surface area (Å²) in [5, 5.41) is 19.0. The number of hydrogen-bond donors (Lipinski definition) is 2. The van der Waals surface area contributed by atoms with Gasteiger partial charge in [0.05, 0.1) is 11.8 Å². The van der Waals surface area contributed by atoms with Gasteiger partial charge in [-0.05, 0) is 80.6 Å². The van der Waals surface area contributed by atoms with Crippen molar-refractivity contribution in [3.63, 3.8) is 0 Å². The number of carbonyl (C=O) groups excluding carboxylic acids is 1. The van der Waals surface area contributed by atoms with E-state index in [4.69, 9.17) is 4.84 Å². The van der Waals surface area contributed by atoms with E-state index >= 15 is 0 Å². The second-order valence-corrected chi connectivity index (χ2v) is 10.8. The van der Waals surface area contributed by atoms with Crippen molar-refractivity contribution in [2.45, 2.75) is 83.8 Å². The molecule has 1 aliphatic heterocycles. The van der Waals surface area contributed by atoms with E-state index in [1.165, 1.54) is 0 Å². The van der Waals surface area contributed by atoms with E-state index in [1.54, 1.807) is 0 Å². The molecule has 0 spiro atoms. The molecule has 0 aromatic rings. The summed E-state index contributed by atoms with van der Waals surface area (Å²) in [7, 11) is 0. The first-order valence-electron chi connectivity index (χ1n) is 11.6. The molecule has 4 saturated carbocycles. The molecule has 5 fully saturated rings. The number of aliphatic hydroxyl groups is 1. The normalized spacial score (nSPS) is 50.4. The number of ketones is 1. The van der Waals surface area contributed by atoms with Crippen molar-refractivity contribution in [3.05, 3.63) is 0 Å². The van der Waals surface area contributed by atoms with E-state index in [1.807, 2.05) is 0 Å². The first kappa shape index (κ1) is 21.6. The van der Waals surface area contributed by atoms with Gasteiger partial charge in [-0.1, -0.05) is 19.0 Å². The zero-order valence-corrected chi connectivity index (χ0v) is 18.7. The highest BCUT2D eigenvalue weighted by Gasteiger charge is 2.61. The number of aliphatic hydroxyl groups excluding tert-OH is 1. The number of rotatable bonds is 2. The molecule has 5 rings (SSSR count). The van der Waals surface area contributed by atoms with Gasteiger partial charge in [0.2, 0.25) is 0 Å². The maximum Gasteiger partial charge on any atom is 0.141 e. The third kappa shape index (κ3) is 3.36. The molecular formula is C23H37ClN2O3. The van der Waals surface area contributed by atoms with Gasteiger partial charge in [0.25, 0.3) is 0 Å². The first-order chi connectivity index (χ1) is 13.4. The van der Waals surface area contributed by atoms with Gasteiger partial charge in [0, 0.05) is 24.8 Å². The monoisotopic (exact) mass is 424 g/mol. The molecule has 1 saturated heterocycles. The van der Waals surface area contributed by atoms with Gasteiger partial charge in [-0.2, -0.15) is 0 Å². The molecule has 0 amide bonds. The Kier molecular flexibility index (Phi) is 5.80. The Morgan fingerprint density at radius 2 is 1.93 bits per heavy atom. The SMILES string of the molecule is C[C@]12CC/C(=N\O[C@@H]3CCNC3)C[C@@H]1[C@@H](O)C[C@@H]1[C@@H]2CC[C@]2(C)C(=O)CC[C@@H]12.Cl. The van der Waals surface area contributed by atoms with Gasteiger partial charge in [0.1, 0.15) is 11.9 Å². The Hall–Kier alpha value is -0.650. The quantitative estimate of drug-likeness (QED) is 0.662. The third-order valence-electron chi connectivity index (χ3n) is 9.57. The molecule has 2 N–H and O–H groups in total. The minimum absolute atomic E-state index is 0. The zero-order valence-electron chi connectivity index (χ0n) is 17.9. The molecule has 29 heavy (non-hydrogen) atoms. The van der Waals surface area contributed by atoms with Crippen molar-refractivity contribution in [1.29, 1.82) is 0 Å². The van der Waals surface area contributed by atoms with Gasteiger partial charge >= 0.3 is 0 Å². The van der Waals surface area contributed by atoms with Gasteiger partial charge in [0.15, 0.2) is 0 Å². The lowest BCUT2D eigenvalue weighted by Gasteiger charge is -2.60. The Labute approximate surface area is 180 Å². The summed E-state index contributed by atoms with van der Waals surface area (Å²) in [6.07, 6.45) is 8.80. The molecule has 0 radical (unpaired) electrons. The average molecular weight is 425 g/mol. The first-order valence-corrected chi connectivity index (χ1v) is 11.6. The molecule has 8 atom stereocenters. The van der Waals surface area contributed by atoms with E-state index in [0.29, 0.717) is 23.5 Å². The number of oxime groups is 1. The lowest BCUT2D eigenvalue weighted by Crippen LogP contribution is -2.57. The number of hydrogen-bond acceptors (Lipinski definition) is 5. The predicted octanol–water partition coefficient (Wildman–Crippen LogP) is 3.73. The molecular weight excluding hydrogens is 388 g/mol. The van der Waals surface area contributed by atoms with Crippen LogP contribution in [0.1, 0.15) is 71.6 Å². The summed E-state index contributed by atoms with van der Waals surface area (Å²) in [5.41, 5.74) is 1.20. The van der Waals surface area contributed by atoms with Crippen molar-refractivity contribution in [3.8, 4) is 0 Å². The highest BCUT2D eigenvalue weighted by Crippen LogP contribution is 2.65. The van der Waals surface area contributed by atoms with Gasteiger partial charge in [-0.15, -0.1) is 12.4 Å². The maximum absolute atomic E-state index is 12.6. The van der Waals surface area contributed by atoms with Crippen LogP contribution in [-0.2, 0) is 9.63 Å². The molecule has 1 heterocycles. The number of Topliss-reactive ketones (excluding diaryl/α,β-unsaturated/α-hetero) is 1. The predicted molar refractivity (Wildman–Crippen MR) is 115 cm³/mol. The topological polar surface area (TPSA) is 70.9 Å². The van der Waals surface area contributed by atoms with Crippen LogP contribution >= 0.6 is 12.4 Å². The summed E-state index contributed by atoms with van der Waals surface area (Å²) in [5.74, 6) is 2.41. The van der Waals surface area contributed by atoms with Crippen LogP contribution in [0.15, 0.2) is 5.16 Å². The second-order valence-electron chi connectivity index (χ2n) is 10.8. The molecule has 0 aromatic carbocycles. The Balaban J connectivity index is 0.00000205. The lowest BCUT2D eigenvalue weighted by molar-refractivity contribution is -0.153. The van der Waals surface area contributed by atoms with Gasteiger partial charge in [-0.25, -0.2) is 0 Å². The molecule has 0 unspecified atom stereocenters. The standard InChI is InChI=1S/C23H36N2O3.ClH/c1-22-8-5-14(25-28-15-7-10-24-13-15)11-19(22)20(26)12-16-17-3-4-21(27)23(17,2)9-6-18(16)22;/h15-20,24,26H,3-13H2,1-2H3;1H/b25-14+;/t15-,16+,17+,18+,19-,20+,22-,23+;/m1./s1. The molecule has 6 heteroatoms. The van der Waals surface area contributed by atoms with Crippen molar-refractivity contribution < 1.29 is 14.7 Å². The summed E-state index contributed by atoms with van der Waals surface area (Å²) in [6, 6.07) is 0. The summed E-state index contributed by atoms with van der Waals surface area (Å²) in [6.45, 7) is 6.55. The third-order valence-corrected chi connectivity index (χ3v) is 9.57. The Morgan fingerprint density at radius 3 is 2.69 bits per heavy atom. The summed E-state index contributed by atoms with van der Waals surface area (Å²) >= 11 is 0. The van der Waals surface area contributed by atoms with Crippen molar-refractivity contribution in [2.24, 2.45) is 39.7 Å². The second kappa shape index (κ2) is 7.80. The maximum atomic E-state index is 12.6. The molecule has 4 aliphatic carbocycles. The number of fused-ring (bicyclic) bond motifs is 5. The highest BCUT2D eigenvalue weighted by atomic mass is 35.5. The van der Waals surface area contributed by atoms with E-state index in [9.17, 15) is 9.90 Å². The van der Waals surface area contributed by atoms with E-state index in [2.05, 4.69) is 24.3 Å². The zero-order chi connectivity index (χ0) is 19.5. The van der Waals surface area contributed by atoms with Crippen LogP contribution < -0.4 is 5.32 Å². The molecule has 164 valence electrons. The lowest BCUT2D eigenvalue weighted by atomic mass is 9.44. The fourth-order valence-electron chi connectivity index (χ4n) is 7.82. The smallest absolute Gasteiger partial charge is 0.141 e. The fourth-order valence-corrected chi connectivity index (χ4v) is 7.82. The largest absolute Gasteiger partial charge is 0.393 e. The average Bonchev–Trinajstić information content (AvgIpc) is 3.29. The Morgan fingerprint density at radius 1 is 1.10 bits per heavy atom.